The van der Waals surface area contributed by atoms with Crippen LogP contribution in [-0.2, 0) is 11.3 Å². The lowest BCUT2D eigenvalue weighted by Crippen LogP contribution is -2.35. The van der Waals surface area contributed by atoms with Crippen LogP contribution < -0.4 is 4.74 Å². The van der Waals surface area contributed by atoms with Gasteiger partial charge in [0.25, 0.3) is 0 Å². The van der Waals surface area contributed by atoms with E-state index in [1.54, 1.807) is 7.11 Å². The van der Waals surface area contributed by atoms with E-state index in [1.807, 2.05) is 24.3 Å². The van der Waals surface area contributed by atoms with Gasteiger partial charge in [-0.25, -0.2) is 0 Å². The van der Waals surface area contributed by atoms with Crippen LogP contribution in [0.25, 0.3) is 11.4 Å². The number of benzene rings is 1. The van der Waals surface area contributed by atoms with Crippen LogP contribution in [0.5, 0.6) is 5.75 Å². The number of methoxy groups -OCH3 is 1. The van der Waals surface area contributed by atoms with Gasteiger partial charge in [0.2, 0.25) is 11.7 Å². The van der Waals surface area contributed by atoms with E-state index >= 15 is 0 Å². The number of rotatable bonds is 4. The molecule has 20 heavy (non-hydrogen) atoms. The Morgan fingerprint density at radius 2 is 2.15 bits per heavy atom. The Labute approximate surface area is 117 Å². The summed E-state index contributed by atoms with van der Waals surface area (Å²) in [5, 5.41) is 4.03. The van der Waals surface area contributed by atoms with Gasteiger partial charge in [-0.05, 0) is 12.1 Å². The standard InChI is InChI=1S/C14H17N3O3/c1-18-12-4-2-3-11(9-12)14-15-13(20-16-14)10-17-5-7-19-8-6-17/h2-4,9H,5-8,10H2,1H3. The minimum Gasteiger partial charge on any atom is -0.497 e. The van der Waals surface area contributed by atoms with Crippen LogP contribution in [0, 0.1) is 0 Å². The Morgan fingerprint density at radius 3 is 2.95 bits per heavy atom. The predicted octanol–water partition coefficient (Wildman–Crippen LogP) is 1.58. The SMILES string of the molecule is COc1cccc(-c2noc(CN3CCOCC3)n2)c1. The molecule has 3 rings (SSSR count). The maximum Gasteiger partial charge on any atom is 0.241 e. The van der Waals surface area contributed by atoms with Gasteiger partial charge in [0.1, 0.15) is 5.75 Å². The van der Waals surface area contributed by atoms with Crippen LogP contribution in [0.1, 0.15) is 5.89 Å². The molecule has 2 aromatic rings. The average Bonchev–Trinajstić information content (AvgIpc) is 2.97. The fourth-order valence-corrected chi connectivity index (χ4v) is 2.15. The third kappa shape index (κ3) is 2.97. The van der Waals surface area contributed by atoms with Crippen molar-refractivity contribution in [3.05, 3.63) is 30.2 Å². The van der Waals surface area contributed by atoms with Crippen LogP contribution in [0.2, 0.25) is 0 Å². The van der Waals surface area contributed by atoms with Gasteiger partial charge in [-0.15, -0.1) is 0 Å². The van der Waals surface area contributed by atoms with Crippen molar-refractivity contribution < 1.29 is 14.0 Å². The number of nitrogens with zero attached hydrogens (tertiary/aromatic N) is 3. The predicted molar refractivity (Wildman–Crippen MR) is 72.4 cm³/mol. The van der Waals surface area contributed by atoms with Crippen molar-refractivity contribution in [3.8, 4) is 17.1 Å². The van der Waals surface area contributed by atoms with E-state index in [0.717, 1.165) is 37.6 Å². The van der Waals surface area contributed by atoms with E-state index in [2.05, 4.69) is 15.0 Å². The zero-order chi connectivity index (χ0) is 13.8. The summed E-state index contributed by atoms with van der Waals surface area (Å²) in [6, 6.07) is 7.62. The van der Waals surface area contributed by atoms with Crippen LogP contribution in [0.3, 0.4) is 0 Å². The van der Waals surface area contributed by atoms with Crippen molar-refractivity contribution in [3.63, 3.8) is 0 Å². The highest BCUT2D eigenvalue weighted by atomic mass is 16.5. The molecule has 1 aliphatic rings. The molecule has 0 amide bonds. The molecule has 1 aliphatic heterocycles. The first kappa shape index (κ1) is 13.1. The number of hydrogen-bond acceptors (Lipinski definition) is 6. The topological polar surface area (TPSA) is 60.6 Å². The van der Waals surface area contributed by atoms with Crippen molar-refractivity contribution in [1.82, 2.24) is 15.0 Å². The van der Waals surface area contributed by atoms with Gasteiger partial charge in [-0.2, -0.15) is 4.98 Å². The maximum atomic E-state index is 5.32. The summed E-state index contributed by atoms with van der Waals surface area (Å²) in [7, 11) is 1.64. The molecule has 0 N–H and O–H groups in total. The lowest BCUT2D eigenvalue weighted by molar-refractivity contribution is 0.0297. The van der Waals surface area contributed by atoms with E-state index in [9.17, 15) is 0 Å². The van der Waals surface area contributed by atoms with E-state index in [0.29, 0.717) is 18.3 Å². The summed E-state index contributed by atoms with van der Waals surface area (Å²) >= 11 is 0. The van der Waals surface area contributed by atoms with Gasteiger partial charge in [-0.3, -0.25) is 4.90 Å². The summed E-state index contributed by atoms with van der Waals surface area (Å²) in [6.07, 6.45) is 0. The van der Waals surface area contributed by atoms with Gasteiger partial charge in [0.15, 0.2) is 0 Å². The van der Waals surface area contributed by atoms with E-state index in [4.69, 9.17) is 14.0 Å². The normalized spacial score (nSPS) is 16.2. The summed E-state index contributed by atoms with van der Waals surface area (Å²) in [6.45, 7) is 3.99. The second-order valence-electron chi connectivity index (χ2n) is 4.63. The average molecular weight is 275 g/mol. The molecule has 106 valence electrons. The van der Waals surface area contributed by atoms with Crippen LogP contribution >= 0.6 is 0 Å². The number of hydrogen-bond donors (Lipinski definition) is 0. The Morgan fingerprint density at radius 1 is 1.30 bits per heavy atom. The second-order valence-corrected chi connectivity index (χ2v) is 4.63. The van der Waals surface area contributed by atoms with Gasteiger partial charge in [0, 0.05) is 18.7 Å². The summed E-state index contributed by atoms with van der Waals surface area (Å²) in [5.41, 5.74) is 0.890. The van der Waals surface area contributed by atoms with Crippen molar-refractivity contribution in [1.29, 1.82) is 0 Å². The first-order chi connectivity index (χ1) is 9.85. The molecule has 0 radical (unpaired) electrons. The quantitative estimate of drug-likeness (QED) is 0.844. The van der Waals surface area contributed by atoms with Crippen LogP contribution in [0.4, 0.5) is 0 Å². The largest absolute Gasteiger partial charge is 0.497 e. The zero-order valence-corrected chi connectivity index (χ0v) is 11.4. The minimum absolute atomic E-state index is 0.590. The molecule has 6 heteroatoms. The highest BCUT2D eigenvalue weighted by Crippen LogP contribution is 2.21. The summed E-state index contributed by atoms with van der Waals surface area (Å²) in [5.74, 6) is 2.00. The lowest BCUT2D eigenvalue weighted by Gasteiger charge is -2.24. The molecule has 1 aromatic heterocycles. The smallest absolute Gasteiger partial charge is 0.241 e. The lowest BCUT2D eigenvalue weighted by atomic mass is 10.2. The van der Waals surface area contributed by atoms with Crippen LogP contribution in [0.15, 0.2) is 28.8 Å². The third-order valence-corrected chi connectivity index (χ3v) is 3.26. The summed E-state index contributed by atoms with van der Waals surface area (Å²) < 4.78 is 15.8. The number of morpholine rings is 1. The number of ether oxygens (including phenoxy) is 2. The molecule has 0 atom stereocenters. The zero-order valence-electron chi connectivity index (χ0n) is 11.4. The maximum absolute atomic E-state index is 5.32. The molecule has 0 spiro atoms. The summed E-state index contributed by atoms with van der Waals surface area (Å²) in [4.78, 5) is 6.68. The Hall–Kier alpha value is -1.92. The molecular formula is C14H17N3O3. The van der Waals surface area contributed by atoms with Crippen molar-refractivity contribution in [2.24, 2.45) is 0 Å². The monoisotopic (exact) mass is 275 g/mol. The Balaban J connectivity index is 1.72. The molecule has 1 fully saturated rings. The first-order valence-electron chi connectivity index (χ1n) is 6.62. The van der Waals surface area contributed by atoms with E-state index in [-0.39, 0.29) is 0 Å². The van der Waals surface area contributed by atoms with Crippen molar-refractivity contribution in [2.75, 3.05) is 33.4 Å². The molecular weight excluding hydrogens is 258 g/mol. The molecule has 0 bridgehead atoms. The molecule has 2 heterocycles. The van der Waals surface area contributed by atoms with Crippen molar-refractivity contribution in [2.45, 2.75) is 6.54 Å². The van der Waals surface area contributed by atoms with Gasteiger partial charge < -0.3 is 14.0 Å². The fraction of sp³-hybridized carbons (Fsp3) is 0.429. The third-order valence-electron chi connectivity index (χ3n) is 3.26. The molecule has 6 nitrogen and oxygen atoms in total. The molecule has 1 saturated heterocycles. The van der Waals surface area contributed by atoms with Gasteiger partial charge >= 0.3 is 0 Å². The van der Waals surface area contributed by atoms with Gasteiger partial charge in [-0.1, -0.05) is 17.3 Å². The fourth-order valence-electron chi connectivity index (χ4n) is 2.15. The first-order valence-corrected chi connectivity index (χ1v) is 6.62. The molecule has 0 unspecified atom stereocenters. The Kier molecular flexibility index (Phi) is 3.94. The highest BCUT2D eigenvalue weighted by molar-refractivity contribution is 5.56. The number of aromatic nitrogens is 2. The van der Waals surface area contributed by atoms with E-state index in [1.165, 1.54) is 0 Å². The van der Waals surface area contributed by atoms with E-state index < -0.39 is 0 Å². The Bertz CT molecular complexity index is 564. The van der Waals surface area contributed by atoms with Crippen LogP contribution in [-0.4, -0.2) is 48.5 Å². The van der Waals surface area contributed by atoms with Gasteiger partial charge in [0.05, 0.1) is 26.9 Å². The molecule has 0 aliphatic carbocycles. The second kappa shape index (κ2) is 6.02. The minimum atomic E-state index is 0.590. The molecule has 1 aromatic carbocycles. The molecule has 0 saturated carbocycles. The highest BCUT2D eigenvalue weighted by Gasteiger charge is 2.15. The van der Waals surface area contributed by atoms with Crippen molar-refractivity contribution >= 4 is 0 Å².